The van der Waals surface area contributed by atoms with E-state index in [-0.39, 0.29) is 11.3 Å². The predicted molar refractivity (Wildman–Crippen MR) is 102 cm³/mol. The summed E-state index contributed by atoms with van der Waals surface area (Å²) in [4.78, 5) is 15.7. The van der Waals surface area contributed by atoms with Gasteiger partial charge in [-0.1, -0.05) is 13.8 Å². The summed E-state index contributed by atoms with van der Waals surface area (Å²) in [5.74, 6) is -4.43. The van der Waals surface area contributed by atoms with E-state index in [1.807, 2.05) is 12.1 Å². The second kappa shape index (κ2) is 6.44. The summed E-state index contributed by atoms with van der Waals surface area (Å²) in [5.41, 5.74) is 1.15. The first-order valence-corrected chi connectivity index (χ1v) is 9.27. The Hall–Kier alpha value is -2.67. The molecule has 2 aliphatic heterocycles. The van der Waals surface area contributed by atoms with E-state index in [0.717, 1.165) is 42.6 Å². The van der Waals surface area contributed by atoms with Crippen LogP contribution >= 0.6 is 0 Å². The zero-order valence-electron chi connectivity index (χ0n) is 15.7. The van der Waals surface area contributed by atoms with Gasteiger partial charge in [0.25, 0.3) is 5.91 Å². The molecule has 2 aromatic carbocycles. The summed E-state index contributed by atoms with van der Waals surface area (Å²) in [6, 6.07) is 7.79. The number of carbonyl (C=O) groups excluding carboxylic acids is 1. The lowest BCUT2D eigenvalue weighted by molar-refractivity contribution is -0.125. The van der Waals surface area contributed by atoms with E-state index < -0.39 is 29.4 Å². The highest BCUT2D eigenvalue weighted by atomic mass is 19.1. The van der Waals surface area contributed by atoms with Crippen LogP contribution in [0.15, 0.2) is 30.3 Å². The van der Waals surface area contributed by atoms with Crippen LogP contribution in [0.4, 0.5) is 25.8 Å². The zero-order valence-corrected chi connectivity index (χ0v) is 15.7. The summed E-state index contributed by atoms with van der Waals surface area (Å²) in [5, 5.41) is 19.7. The summed E-state index contributed by atoms with van der Waals surface area (Å²) < 4.78 is 28.1. The number of hydrogen-bond acceptors (Lipinski definition) is 4. The van der Waals surface area contributed by atoms with Crippen molar-refractivity contribution in [1.29, 1.82) is 0 Å². The summed E-state index contributed by atoms with van der Waals surface area (Å²) in [6.45, 7) is 6.36. The van der Waals surface area contributed by atoms with E-state index in [1.165, 1.54) is 0 Å². The largest absolute Gasteiger partial charge is 0.503 e. The molecule has 0 aromatic heterocycles. The third-order valence-corrected chi connectivity index (χ3v) is 5.76. The Morgan fingerprint density at radius 2 is 1.64 bits per heavy atom. The first-order valence-electron chi connectivity index (χ1n) is 9.27. The molecule has 0 radical (unpaired) electrons. The molecule has 2 heterocycles. The number of halogens is 2. The number of aromatic hydroxyl groups is 1. The zero-order chi connectivity index (χ0) is 20.2. The highest BCUT2D eigenvalue weighted by molar-refractivity contribution is 6.09. The van der Waals surface area contributed by atoms with E-state index in [4.69, 9.17) is 0 Å². The molecule has 2 N–H and O–H groups in total. The molecule has 1 fully saturated rings. The van der Waals surface area contributed by atoms with Crippen LogP contribution < -0.4 is 9.80 Å². The molecule has 0 spiro atoms. The van der Waals surface area contributed by atoms with Crippen LogP contribution in [0, 0.1) is 17.0 Å². The third-order valence-electron chi connectivity index (χ3n) is 5.76. The fourth-order valence-electron chi connectivity index (χ4n) is 3.86. The number of hydrogen-bond donors (Lipinski definition) is 2. The third kappa shape index (κ3) is 2.90. The van der Waals surface area contributed by atoms with E-state index in [1.54, 1.807) is 12.1 Å². The highest BCUT2D eigenvalue weighted by Crippen LogP contribution is 2.46. The summed E-state index contributed by atoms with van der Waals surface area (Å²) in [7, 11) is 0. The lowest BCUT2D eigenvalue weighted by Gasteiger charge is -2.38. The van der Waals surface area contributed by atoms with Crippen molar-refractivity contribution in [1.82, 2.24) is 0 Å². The second-order valence-corrected chi connectivity index (χ2v) is 8.20. The van der Waals surface area contributed by atoms with Crippen LogP contribution in [0.2, 0.25) is 0 Å². The molecule has 7 heteroatoms. The summed E-state index contributed by atoms with van der Waals surface area (Å²) >= 11 is 0. The number of fused-ring (bicyclic) bond motifs is 1. The van der Waals surface area contributed by atoms with Gasteiger partial charge in [-0.2, -0.15) is 0 Å². The topological polar surface area (TPSA) is 64.0 Å². The van der Waals surface area contributed by atoms with Crippen molar-refractivity contribution < 1.29 is 23.8 Å². The molecule has 0 saturated carbocycles. The van der Waals surface area contributed by atoms with Gasteiger partial charge < -0.3 is 15.1 Å². The predicted octanol–water partition coefficient (Wildman–Crippen LogP) is 4.01. The van der Waals surface area contributed by atoms with Gasteiger partial charge in [-0.25, -0.2) is 8.78 Å². The second-order valence-electron chi connectivity index (χ2n) is 8.20. The van der Waals surface area contributed by atoms with E-state index in [0.29, 0.717) is 11.1 Å². The standard InChI is InChI=1S/C21H22F2N2O3/c1-21(2)7-9-24(10-8-21)12-3-5-13(6-4-12)25-17-14(18(26)20(25)28)11-15(22)19(27)16(17)23/h3-6,11,18,26-27H,7-10H2,1-2H3. The fourth-order valence-corrected chi connectivity index (χ4v) is 3.86. The van der Waals surface area contributed by atoms with Gasteiger partial charge in [0.05, 0.1) is 5.69 Å². The molecule has 1 atom stereocenters. The molecule has 4 rings (SSSR count). The van der Waals surface area contributed by atoms with Crippen LogP contribution in [0.3, 0.4) is 0 Å². The van der Waals surface area contributed by atoms with Crippen molar-refractivity contribution in [2.45, 2.75) is 32.8 Å². The lowest BCUT2D eigenvalue weighted by atomic mass is 9.82. The van der Waals surface area contributed by atoms with Crippen LogP contribution in [-0.4, -0.2) is 29.2 Å². The van der Waals surface area contributed by atoms with Crippen molar-refractivity contribution in [3.63, 3.8) is 0 Å². The van der Waals surface area contributed by atoms with E-state index >= 15 is 0 Å². The number of rotatable bonds is 2. The van der Waals surface area contributed by atoms with Gasteiger partial charge in [-0.05, 0) is 48.6 Å². The molecule has 148 valence electrons. The van der Waals surface area contributed by atoms with Gasteiger partial charge in [0, 0.05) is 30.0 Å². The smallest absolute Gasteiger partial charge is 0.265 e. The monoisotopic (exact) mass is 388 g/mol. The average Bonchev–Trinajstić information content (AvgIpc) is 2.91. The molecular weight excluding hydrogens is 366 g/mol. The van der Waals surface area contributed by atoms with Gasteiger partial charge in [-0.15, -0.1) is 0 Å². The number of nitrogens with zero attached hydrogens (tertiary/aromatic N) is 2. The minimum Gasteiger partial charge on any atom is -0.503 e. The van der Waals surface area contributed by atoms with Crippen molar-refractivity contribution >= 4 is 23.0 Å². The number of amides is 1. The minimum atomic E-state index is -1.68. The molecule has 28 heavy (non-hydrogen) atoms. The molecule has 0 aliphatic carbocycles. The van der Waals surface area contributed by atoms with E-state index in [9.17, 15) is 23.8 Å². The molecule has 1 amide bonds. The molecule has 2 aliphatic rings. The van der Waals surface area contributed by atoms with Crippen LogP contribution in [0.25, 0.3) is 0 Å². The molecule has 2 aromatic rings. The van der Waals surface area contributed by atoms with Crippen molar-refractivity contribution in [3.05, 3.63) is 47.5 Å². The van der Waals surface area contributed by atoms with Crippen LogP contribution in [0.1, 0.15) is 38.4 Å². The Morgan fingerprint density at radius 3 is 2.25 bits per heavy atom. The highest BCUT2D eigenvalue weighted by Gasteiger charge is 2.41. The van der Waals surface area contributed by atoms with Gasteiger partial charge in [-0.3, -0.25) is 9.69 Å². The average molecular weight is 388 g/mol. The lowest BCUT2D eigenvalue weighted by Crippen LogP contribution is -2.37. The molecule has 1 unspecified atom stereocenters. The number of benzene rings is 2. The van der Waals surface area contributed by atoms with Gasteiger partial charge in [0.2, 0.25) is 0 Å². The van der Waals surface area contributed by atoms with Crippen molar-refractivity contribution in [2.75, 3.05) is 22.9 Å². The maximum Gasteiger partial charge on any atom is 0.265 e. The van der Waals surface area contributed by atoms with Gasteiger partial charge >= 0.3 is 0 Å². The first kappa shape index (κ1) is 18.7. The Bertz CT molecular complexity index is 934. The number of phenolic OH excluding ortho intramolecular Hbond substituents is 1. The fraction of sp³-hybridized carbons (Fsp3) is 0.381. The first-order chi connectivity index (χ1) is 13.2. The Kier molecular flexibility index (Phi) is 4.30. The Morgan fingerprint density at radius 1 is 1.07 bits per heavy atom. The Balaban J connectivity index is 1.66. The number of aliphatic hydroxyl groups excluding tert-OH is 1. The quantitative estimate of drug-likeness (QED) is 0.816. The normalized spacial score (nSPS) is 21.2. The minimum absolute atomic E-state index is 0.194. The maximum absolute atomic E-state index is 14.5. The van der Waals surface area contributed by atoms with Crippen LogP contribution in [-0.2, 0) is 4.79 Å². The number of carbonyl (C=O) groups is 1. The SMILES string of the molecule is CC1(C)CCN(c2ccc(N3C(=O)C(O)c4cc(F)c(O)c(F)c43)cc2)CC1. The maximum atomic E-state index is 14.5. The molecule has 5 nitrogen and oxygen atoms in total. The number of piperidine rings is 1. The number of aliphatic hydroxyl groups is 1. The summed E-state index contributed by atoms with van der Waals surface area (Å²) in [6.07, 6.45) is 0.479. The van der Waals surface area contributed by atoms with E-state index in [2.05, 4.69) is 18.7 Å². The van der Waals surface area contributed by atoms with Gasteiger partial charge in [0.1, 0.15) is 0 Å². The molecular formula is C21H22F2N2O3. The molecule has 1 saturated heterocycles. The molecule has 0 bridgehead atoms. The Labute approximate surface area is 161 Å². The van der Waals surface area contributed by atoms with Gasteiger partial charge in [0.15, 0.2) is 23.5 Å². The number of anilines is 3. The van der Waals surface area contributed by atoms with Crippen molar-refractivity contribution in [2.24, 2.45) is 5.41 Å². The number of phenols is 1. The van der Waals surface area contributed by atoms with Crippen molar-refractivity contribution in [3.8, 4) is 5.75 Å². The van der Waals surface area contributed by atoms with Crippen LogP contribution in [0.5, 0.6) is 5.75 Å².